The van der Waals surface area contributed by atoms with Crippen LogP contribution in [0, 0.1) is 0 Å². The van der Waals surface area contributed by atoms with Crippen LogP contribution in [0.5, 0.6) is 0 Å². The van der Waals surface area contributed by atoms with Crippen LogP contribution in [0.1, 0.15) is 65.2 Å². The molecule has 0 unspecified atom stereocenters. The molecule has 1 N–H and O–H groups in total. The Bertz CT molecular complexity index is 105. The van der Waals surface area contributed by atoms with Crippen molar-refractivity contribution in [1.82, 2.24) is 0 Å². The molecule has 0 aromatic carbocycles. The molecule has 0 aliphatic rings. The van der Waals surface area contributed by atoms with Crippen LogP contribution >= 0.6 is 0 Å². The summed E-state index contributed by atoms with van der Waals surface area (Å²) in [5.41, 5.74) is 0. The fraction of sp³-hybridized carbons (Fsp3) is 1.00. The van der Waals surface area contributed by atoms with Gasteiger partial charge >= 0.3 is 0 Å². The third kappa shape index (κ3) is 10.2. The molecule has 0 atom stereocenters. The van der Waals surface area contributed by atoms with E-state index in [9.17, 15) is 0 Å². The molecule has 0 bridgehead atoms. The van der Waals surface area contributed by atoms with Gasteiger partial charge in [0.2, 0.25) is 0 Å². The topological polar surface area (TPSA) is 29.5 Å². The van der Waals surface area contributed by atoms with E-state index in [1.807, 2.05) is 0 Å². The Morgan fingerprint density at radius 2 is 1.47 bits per heavy atom. The quantitative estimate of drug-likeness (QED) is 0.535. The van der Waals surface area contributed by atoms with Gasteiger partial charge in [0.15, 0.2) is 0 Å². The summed E-state index contributed by atoms with van der Waals surface area (Å²) in [6, 6.07) is 0. The Hall–Kier alpha value is -0.0800. The molecule has 0 aromatic rings. The van der Waals surface area contributed by atoms with Crippen LogP contribution in [0.15, 0.2) is 0 Å². The Kier molecular flexibility index (Phi) is 11.9. The third-order valence-electron chi connectivity index (χ3n) is 2.70. The minimum Gasteiger partial charge on any atom is -0.394 e. The van der Waals surface area contributed by atoms with Crippen molar-refractivity contribution in [2.24, 2.45) is 0 Å². The van der Waals surface area contributed by atoms with Crippen molar-refractivity contribution < 1.29 is 9.84 Å². The first-order chi connectivity index (χ1) is 7.35. The maximum absolute atomic E-state index is 8.73. The van der Waals surface area contributed by atoms with Crippen LogP contribution in [-0.2, 0) is 4.74 Å². The van der Waals surface area contributed by atoms with Gasteiger partial charge in [0.1, 0.15) is 0 Å². The summed E-state index contributed by atoms with van der Waals surface area (Å²) in [7, 11) is 0. The van der Waals surface area contributed by atoms with Gasteiger partial charge in [-0.3, -0.25) is 0 Å². The summed E-state index contributed by atoms with van der Waals surface area (Å²) in [6.07, 6.45) is 10.4. The smallest absolute Gasteiger partial charge is 0.0701 e. The van der Waals surface area contributed by atoms with E-state index in [0.717, 1.165) is 12.8 Å². The van der Waals surface area contributed by atoms with E-state index >= 15 is 0 Å². The summed E-state index contributed by atoms with van der Waals surface area (Å²) in [6.45, 7) is 5.10. The van der Waals surface area contributed by atoms with Gasteiger partial charge in [0.05, 0.1) is 19.3 Å². The zero-order valence-corrected chi connectivity index (χ0v) is 10.5. The molecular weight excluding hydrogens is 188 g/mol. The van der Waals surface area contributed by atoms with E-state index in [0.29, 0.717) is 12.7 Å². The molecule has 0 fully saturated rings. The summed E-state index contributed by atoms with van der Waals surface area (Å²) in [5.74, 6) is 0. The normalized spacial score (nSPS) is 11.2. The molecule has 0 amide bonds. The van der Waals surface area contributed by atoms with Crippen molar-refractivity contribution in [2.45, 2.75) is 71.3 Å². The lowest BCUT2D eigenvalue weighted by Crippen LogP contribution is -2.15. The van der Waals surface area contributed by atoms with Crippen LogP contribution in [0.2, 0.25) is 0 Å². The predicted octanol–water partition coefficient (Wildman–Crippen LogP) is 3.52. The number of unbranched alkanes of at least 4 members (excludes halogenated alkanes) is 4. The summed E-state index contributed by atoms with van der Waals surface area (Å²) in [4.78, 5) is 0. The van der Waals surface area contributed by atoms with Crippen molar-refractivity contribution in [2.75, 3.05) is 13.2 Å². The second-order valence-corrected chi connectivity index (χ2v) is 4.21. The molecule has 2 nitrogen and oxygen atoms in total. The number of hydrogen-bond acceptors (Lipinski definition) is 2. The van der Waals surface area contributed by atoms with Gasteiger partial charge < -0.3 is 9.84 Å². The van der Waals surface area contributed by atoms with E-state index in [4.69, 9.17) is 9.84 Å². The van der Waals surface area contributed by atoms with Gasteiger partial charge in [0.25, 0.3) is 0 Å². The molecule has 2 heteroatoms. The Morgan fingerprint density at radius 1 is 0.933 bits per heavy atom. The van der Waals surface area contributed by atoms with Crippen LogP contribution < -0.4 is 0 Å². The lowest BCUT2D eigenvalue weighted by molar-refractivity contribution is 0.0168. The predicted molar refractivity (Wildman–Crippen MR) is 65.1 cm³/mol. The van der Waals surface area contributed by atoms with Gasteiger partial charge in [-0.2, -0.15) is 0 Å². The van der Waals surface area contributed by atoms with Crippen molar-refractivity contribution in [3.8, 4) is 0 Å². The lowest BCUT2D eigenvalue weighted by atomic mass is 10.0. The standard InChI is InChI=1S/C13H28O2/c1-3-5-7-9-13(15-12-11-14)10-8-6-4-2/h13-14H,3-12H2,1-2H3. The van der Waals surface area contributed by atoms with E-state index in [1.165, 1.54) is 38.5 Å². The highest BCUT2D eigenvalue weighted by Crippen LogP contribution is 2.14. The molecule has 0 spiro atoms. The van der Waals surface area contributed by atoms with Crippen molar-refractivity contribution >= 4 is 0 Å². The monoisotopic (exact) mass is 216 g/mol. The fourth-order valence-corrected chi connectivity index (χ4v) is 1.77. The average molecular weight is 216 g/mol. The van der Waals surface area contributed by atoms with Crippen molar-refractivity contribution in [3.63, 3.8) is 0 Å². The van der Waals surface area contributed by atoms with E-state index in [2.05, 4.69) is 13.8 Å². The number of aliphatic hydroxyl groups is 1. The lowest BCUT2D eigenvalue weighted by Gasteiger charge is -2.17. The molecule has 0 saturated carbocycles. The highest BCUT2D eigenvalue weighted by Gasteiger charge is 2.07. The molecule has 92 valence electrons. The zero-order valence-electron chi connectivity index (χ0n) is 10.5. The molecule has 0 heterocycles. The largest absolute Gasteiger partial charge is 0.394 e. The average Bonchev–Trinajstić information content (AvgIpc) is 2.25. The van der Waals surface area contributed by atoms with Crippen LogP contribution in [0.4, 0.5) is 0 Å². The Balaban J connectivity index is 3.53. The summed E-state index contributed by atoms with van der Waals surface area (Å²) in [5, 5.41) is 8.73. The van der Waals surface area contributed by atoms with Crippen molar-refractivity contribution in [1.29, 1.82) is 0 Å². The zero-order chi connectivity index (χ0) is 11.4. The number of rotatable bonds is 11. The first-order valence-corrected chi connectivity index (χ1v) is 6.57. The minimum atomic E-state index is 0.151. The highest BCUT2D eigenvalue weighted by molar-refractivity contribution is 4.59. The van der Waals surface area contributed by atoms with Crippen LogP contribution in [0.3, 0.4) is 0 Å². The Morgan fingerprint density at radius 3 is 1.87 bits per heavy atom. The van der Waals surface area contributed by atoms with Gasteiger partial charge in [-0.1, -0.05) is 52.4 Å². The van der Waals surface area contributed by atoms with Crippen molar-refractivity contribution in [3.05, 3.63) is 0 Å². The van der Waals surface area contributed by atoms with E-state index < -0.39 is 0 Å². The van der Waals surface area contributed by atoms with Gasteiger partial charge in [-0.15, -0.1) is 0 Å². The number of hydrogen-bond donors (Lipinski definition) is 1. The van der Waals surface area contributed by atoms with Gasteiger partial charge in [-0.05, 0) is 12.8 Å². The SMILES string of the molecule is CCCCCC(CCCCC)OCCO. The second kappa shape index (κ2) is 12.0. The molecule has 0 radical (unpaired) electrons. The Labute approximate surface area is 95.0 Å². The molecule has 0 saturated heterocycles. The fourth-order valence-electron chi connectivity index (χ4n) is 1.77. The number of aliphatic hydroxyl groups excluding tert-OH is 1. The van der Waals surface area contributed by atoms with E-state index in [1.54, 1.807) is 0 Å². The van der Waals surface area contributed by atoms with Crippen LogP contribution in [0.25, 0.3) is 0 Å². The van der Waals surface area contributed by atoms with Gasteiger partial charge in [-0.25, -0.2) is 0 Å². The molecule has 0 rings (SSSR count). The number of ether oxygens (including phenoxy) is 1. The highest BCUT2D eigenvalue weighted by atomic mass is 16.5. The maximum atomic E-state index is 8.73. The first kappa shape index (κ1) is 14.9. The summed E-state index contributed by atoms with van der Waals surface area (Å²) >= 11 is 0. The molecule has 0 aliphatic carbocycles. The second-order valence-electron chi connectivity index (χ2n) is 4.21. The first-order valence-electron chi connectivity index (χ1n) is 6.57. The third-order valence-corrected chi connectivity index (χ3v) is 2.70. The molecular formula is C13H28O2. The molecule has 15 heavy (non-hydrogen) atoms. The summed E-state index contributed by atoms with van der Waals surface area (Å²) < 4.78 is 5.63. The van der Waals surface area contributed by atoms with Crippen LogP contribution in [-0.4, -0.2) is 24.4 Å². The van der Waals surface area contributed by atoms with E-state index in [-0.39, 0.29) is 6.61 Å². The molecule has 0 aromatic heterocycles. The molecule has 0 aliphatic heterocycles. The maximum Gasteiger partial charge on any atom is 0.0701 e. The van der Waals surface area contributed by atoms with Gasteiger partial charge in [0, 0.05) is 0 Å². The minimum absolute atomic E-state index is 0.151.